The molecule has 4 nitrogen and oxygen atoms in total. The molecule has 0 aliphatic carbocycles. The van der Waals surface area contributed by atoms with E-state index in [2.05, 4.69) is 5.32 Å². The van der Waals surface area contributed by atoms with Crippen molar-refractivity contribution >= 4 is 9.84 Å². The number of sulfone groups is 1. The van der Waals surface area contributed by atoms with Crippen LogP contribution < -0.4 is 5.32 Å². The van der Waals surface area contributed by atoms with Crippen LogP contribution in [0.2, 0.25) is 0 Å². The van der Waals surface area contributed by atoms with Crippen LogP contribution >= 0.6 is 0 Å². The Kier molecular flexibility index (Phi) is 4.10. The van der Waals surface area contributed by atoms with Gasteiger partial charge in [0.05, 0.1) is 5.75 Å². The van der Waals surface area contributed by atoms with E-state index in [9.17, 15) is 8.42 Å². The van der Waals surface area contributed by atoms with Crippen LogP contribution in [-0.4, -0.2) is 40.0 Å². The molecule has 0 amide bonds. The van der Waals surface area contributed by atoms with Crippen molar-refractivity contribution in [2.75, 3.05) is 19.5 Å². The zero-order valence-electron chi connectivity index (χ0n) is 8.56. The fourth-order valence-corrected chi connectivity index (χ4v) is 2.67. The molecule has 0 saturated heterocycles. The normalized spacial score (nSPS) is 26.6. The van der Waals surface area contributed by atoms with Crippen LogP contribution in [0.1, 0.15) is 13.3 Å². The predicted octanol–water partition coefficient (Wildman–Crippen LogP) is 0.312. The molecule has 2 unspecified atom stereocenters. The second kappa shape index (κ2) is 4.91. The molecule has 0 bridgehead atoms. The lowest BCUT2D eigenvalue weighted by molar-refractivity contribution is 0.184. The maximum atomic E-state index is 11.1. The average Bonchev–Trinajstić information content (AvgIpc) is 2.42. The molecule has 1 rings (SSSR count). The molecule has 0 spiro atoms. The van der Waals surface area contributed by atoms with E-state index in [1.165, 1.54) is 5.41 Å². The van der Waals surface area contributed by atoms with Gasteiger partial charge in [0, 0.05) is 31.2 Å². The molecule has 1 aliphatic rings. The lowest BCUT2D eigenvalue weighted by Gasteiger charge is -2.16. The van der Waals surface area contributed by atoms with Crippen molar-refractivity contribution in [2.45, 2.75) is 25.4 Å². The average molecular weight is 219 g/mol. The lowest BCUT2D eigenvalue weighted by atomic mass is 10.2. The van der Waals surface area contributed by atoms with E-state index >= 15 is 0 Å². The lowest BCUT2D eigenvalue weighted by Crippen LogP contribution is -2.37. The molecular formula is C9H17NO3S. The largest absolute Gasteiger partial charge is 0.385 e. The molecular weight excluding hydrogens is 202 g/mol. The molecule has 2 atom stereocenters. The molecule has 82 valence electrons. The maximum absolute atomic E-state index is 11.1. The van der Waals surface area contributed by atoms with Gasteiger partial charge in [0.1, 0.15) is 0 Å². The number of nitrogens with one attached hydrogen (secondary N) is 1. The van der Waals surface area contributed by atoms with E-state index in [1.807, 2.05) is 6.92 Å². The van der Waals surface area contributed by atoms with Crippen LogP contribution in [-0.2, 0) is 14.6 Å². The summed E-state index contributed by atoms with van der Waals surface area (Å²) in [5, 5.41) is 4.51. The van der Waals surface area contributed by atoms with Crippen LogP contribution in [0.4, 0.5) is 0 Å². The second-order valence-corrected chi connectivity index (χ2v) is 5.54. The highest BCUT2D eigenvalue weighted by atomic mass is 32.2. The fourth-order valence-electron chi connectivity index (χ4n) is 1.42. The van der Waals surface area contributed by atoms with Gasteiger partial charge in [-0.3, -0.25) is 0 Å². The third kappa shape index (κ3) is 3.77. The minimum Gasteiger partial charge on any atom is -0.385 e. The van der Waals surface area contributed by atoms with Gasteiger partial charge in [0.15, 0.2) is 9.84 Å². The van der Waals surface area contributed by atoms with E-state index in [4.69, 9.17) is 4.74 Å². The summed E-state index contributed by atoms with van der Waals surface area (Å²) in [5.74, 6) is 0.185. The van der Waals surface area contributed by atoms with Crippen molar-refractivity contribution in [2.24, 2.45) is 0 Å². The Morgan fingerprint density at radius 1 is 1.64 bits per heavy atom. The Morgan fingerprint density at radius 2 is 2.36 bits per heavy atom. The van der Waals surface area contributed by atoms with Crippen LogP contribution in [0.5, 0.6) is 0 Å². The van der Waals surface area contributed by atoms with E-state index < -0.39 is 9.84 Å². The molecule has 14 heavy (non-hydrogen) atoms. The van der Waals surface area contributed by atoms with Crippen molar-refractivity contribution in [3.05, 3.63) is 11.5 Å². The minimum absolute atomic E-state index is 0.0353. The van der Waals surface area contributed by atoms with Gasteiger partial charge in [-0.2, -0.15) is 0 Å². The van der Waals surface area contributed by atoms with Gasteiger partial charge in [-0.1, -0.05) is 6.08 Å². The first-order valence-corrected chi connectivity index (χ1v) is 6.41. The first-order valence-electron chi connectivity index (χ1n) is 4.69. The van der Waals surface area contributed by atoms with E-state index in [1.54, 1.807) is 13.2 Å². The smallest absolute Gasteiger partial charge is 0.173 e. The Balaban J connectivity index is 2.30. The molecule has 0 radical (unpaired) electrons. The van der Waals surface area contributed by atoms with Crippen LogP contribution in [0.25, 0.3) is 0 Å². The Labute approximate surface area is 85.3 Å². The number of hydrogen-bond acceptors (Lipinski definition) is 4. The molecule has 0 saturated carbocycles. The van der Waals surface area contributed by atoms with Gasteiger partial charge >= 0.3 is 0 Å². The Hall–Kier alpha value is -0.390. The molecule has 1 aliphatic heterocycles. The van der Waals surface area contributed by atoms with Gasteiger partial charge in [0.25, 0.3) is 0 Å². The monoisotopic (exact) mass is 219 g/mol. The third-order valence-corrected chi connectivity index (χ3v) is 3.58. The number of hydrogen-bond donors (Lipinski definition) is 1. The molecule has 0 aromatic heterocycles. The molecule has 0 aromatic rings. The summed E-state index contributed by atoms with van der Waals surface area (Å²) in [5.41, 5.74) is 0. The highest BCUT2D eigenvalue weighted by molar-refractivity contribution is 7.94. The molecule has 1 heterocycles. The summed E-state index contributed by atoms with van der Waals surface area (Å²) in [6.45, 7) is 2.72. The quantitative estimate of drug-likeness (QED) is 0.723. The van der Waals surface area contributed by atoms with E-state index in [-0.39, 0.29) is 17.8 Å². The summed E-state index contributed by atoms with van der Waals surface area (Å²) in [7, 11) is -1.28. The summed E-state index contributed by atoms with van der Waals surface area (Å²) in [6, 6.07) is 0.241. The summed E-state index contributed by atoms with van der Waals surface area (Å²) in [4.78, 5) is 0. The molecule has 5 heteroatoms. The Morgan fingerprint density at radius 3 is 2.86 bits per heavy atom. The van der Waals surface area contributed by atoms with E-state index in [0.29, 0.717) is 6.61 Å². The van der Waals surface area contributed by atoms with Crippen molar-refractivity contribution in [3.8, 4) is 0 Å². The van der Waals surface area contributed by atoms with Gasteiger partial charge in [-0.15, -0.1) is 0 Å². The Bertz CT molecular complexity index is 297. The van der Waals surface area contributed by atoms with Crippen molar-refractivity contribution < 1.29 is 13.2 Å². The standard InChI is InChI=1S/C9H17NO3S/c1-8(3-5-13-2)10-9-4-6-14(11,12)7-9/h4,6,8-10H,3,5,7H2,1-2H3. The zero-order valence-corrected chi connectivity index (χ0v) is 9.38. The highest BCUT2D eigenvalue weighted by Crippen LogP contribution is 2.09. The van der Waals surface area contributed by atoms with Gasteiger partial charge in [0.2, 0.25) is 0 Å². The summed E-state index contributed by atoms with van der Waals surface area (Å²) < 4.78 is 27.1. The highest BCUT2D eigenvalue weighted by Gasteiger charge is 2.22. The fraction of sp³-hybridized carbons (Fsp3) is 0.778. The first kappa shape index (κ1) is 11.7. The van der Waals surface area contributed by atoms with Crippen LogP contribution in [0.15, 0.2) is 11.5 Å². The third-order valence-electron chi connectivity index (χ3n) is 2.18. The number of methoxy groups -OCH3 is 1. The van der Waals surface area contributed by atoms with Gasteiger partial charge < -0.3 is 10.1 Å². The van der Waals surface area contributed by atoms with E-state index in [0.717, 1.165) is 6.42 Å². The van der Waals surface area contributed by atoms with Crippen molar-refractivity contribution in [1.82, 2.24) is 5.32 Å². The number of ether oxygens (including phenoxy) is 1. The summed E-state index contributed by atoms with van der Waals surface area (Å²) >= 11 is 0. The first-order chi connectivity index (χ1) is 6.53. The SMILES string of the molecule is COCCC(C)NC1C=CS(=O)(=O)C1. The predicted molar refractivity (Wildman–Crippen MR) is 55.8 cm³/mol. The van der Waals surface area contributed by atoms with Crippen molar-refractivity contribution in [3.63, 3.8) is 0 Å². The van der Waals surface area contributed by atoms with Gasteiger partial charge in [-0.05, 0) is 13.3 Å². The molecule has 1 N–H and O–H groups in total. The van der Waals surface area contributed by atoms with Crippen molar-refractivity contribution in [1.29, 1.82) is 0 Å². The molecule has 0 aromatic carbocycles. The minimum atomic E-state index is -2.94. The second-order valence-electron chi connectivity index (χ2n) is 3.61. The topological polar surface area (TPSA) is 55.4 Å². The number of rotatable bonds is 5. The maximum Gasteiger partial charge on any atom is 0.173 e. The van der Waals surface area contributed by atoms with Crippen LogP contribution in [0.3, 0.4) is 0 Å². The summed E-state index contributed by atoms with van der Waals surface area (Å²) in [6.07, 6.45) is 2.60. The van der Waals surface area contributed by atoms with Gasteiger partial charge in [-0.25, -0.2) is 8.42 Å². The zero-order chi connectivity index (χ0) is 10.6. The molecule has 0 fully saturated rings. The van der Waals surface area contributed by atoms with Crippen LogP contribution in [0, 0.1) is 0 Å².